The van der Waals surface area contributed by atoms with Gasteiger partial charge in [0, 0.05) is 50.0 Å². The number of hydrogen-bond donors (Lipinski definition) is 1. The van der Waals surface area contributed by atoms with Crippen LogP contribution in [-0.2, 0) is 30.8 Å². The van der Waals surface area contributed by atoms with Crippen LogP contribution in [0.3, 0.4) is 0 Å². The SMILES string of the molecule is CCOC(=O)Cc1ccccc1OC1CC(CCOC)(CCOC)c2ccc(-c3cccc4c(N)nccc34)cc21. The Hall–Kier alpha value is -3.94. The Balaban J connectivity index is 1.60. The van der Waals surface area contributed by atoms with Crippen molar-refractivity contribution in [3.8, 4) is 16.9 Å². The van der Waals surface area contributed by atoms with Crippen molar-refractivity contribution in [2.24, 2.45) is 0 Å². The number of hydrogen-bond acceptors (Lipinski definition) is 7. The molecule has 3 aromatic carbocycles. The minimum absolute atomic E-state index is 0.160. The first-order chi connectivity index (χ1) is 20.0. The number of carbonyl (C=O) groups is 1. The lowest BCUT2D eigenvalue weighted by Gasteiger charge is -2.30. The Morgan fingerprint density at radius 3 is 2.51 bits per heavy atom. The highest BCUT2D eigenvalue weighted by molar-refractivity contribution is 6.01. The first-order valence-corrected chi connectivity index (χ1v) is 14.2. The first kappa shape index (κ1) is 28.6. The molecule has 4 aromatic rings. The smallest absolute Gasteiger partial charge is 0.310 e. The largest absolute Gasteiger partial charge is 0.485 e. The van der Waals surface area contributed by atoms with Crippen LogP contribution in [0.4, 0.5) is 5.82 Å². The van der Waals surface area contributed by atoms with Crippen molar-refractivity contribution in [3.05, 3.63) is 89.6 Å². The van der Waals surface area contributed by atoms with Crippen molar-refractivity contribution in [1.82, 2.24) is 4.98 Å². The van der Waals surface area contributed by atoms with Crippen molar-refractivity contribution < 1.29 is 23.7 Å². The van der Waals surface area contributed by atoms with E-state index in [1.54, 1.807) is 20.4 Å². The minimum Gasteiger partial charge on any atom is -0.485 e. The van der Waals surface area contributed by atoms with Gasteiger partial charge >= 0.3 is 5.97 Å². The fourth-order valence-electron chi connectivity index (χ4n) is 6.12. The van der Waals surface area contributed by atoms with Crippen LogP contribution in [0.5, 0.6) is 5.75 Å². The van der Waals surface area contributed by atoms with E-state index in [4.69, 9.17) is 24.7 Å². The number of para-hydroxylation sites is 1. The Morgan fingerprint density at radius 1 is 0.976 bits per heavy atom. The Kier molecular flexibility index (Phi) is 8.86. The van der Waals surface area contributed by atoms with Gasteiger partial charge in [0.1, 0.15) is 17.7 Å². The van der Waals surface area contributed by atoms with Gasteiger partial charge in [-0.05, 0) is 72.0 Å². The number of nitrogens with two attached hydrogens (primary N) is 1. The summed E-state index contributed by atoms with van der Waals surface area (Å²) in [5.41, 5.74) is 11.4. The molecule has 1 atom stereocenters. The minimum atomic E-state index is -0.267. The zero-order valence-corrected chi connectivity index (χ0v) is 24.0. The number of rotatable bonds is 12. The number of fused-ring (bicyclic) bond motifs is 2. The van der Waals surface area contributed by atoms with E-state index in [-0.39, 0.29) is 23.9 Å². The number of carbonyl (C=O) groups excluding carboxylic acids is 1. The number of anilines is 1. The molecule has 0 spiro atoms. The fraction of sp³-hybridized carbons (Fsp3) is 0.353. The summed E-state index contributed by atoms with van der Waals surface area (Å²) >= 11 is 0. The third kappa shape index (κ3) is 5.92. The summed E-state index contributed by atoms with van der Waals surface area (Å²) in [6, 6.07) is 22.5. The molecule has 5 rings (SSSR count). The quantitative estimate of drug-likeness (QED) is 0.202. The lowest BCUT2D eigenvalue weighted by molar-refractivity contribution is -0.142. The number of nitrogens with zero attached hydrogens (tertiary/aromatic N) is 1. The average molecular weight is 555 g/mol. The summed E-state index contributed by atoms with van der Waals surface area (Å²) in [4.78, 5) is 16.6. The standard InChI is InChI=1S/C34H38N2O5/c1-4-40-32(37)21-24-8-5-6-11-30(24)41-31-22-34(15-18-38-2,16-19-39-3)29-13-12-23(20-28(29)31)25-9-7-10-27-26(25)14-17-36-33(27)35/h5-14,17,20,31H,4,15-16,18-19,21-22H2,1-3H3,(H2,35,36). The van der Waals surface area contributed by atoms with Crippen LogP contribution in [0, 0.1) is 0 Å². The molecule has 0 amide bonds. The summed E-state index contributed by atoms with van der Waals surface area (Å²) < 4.78 is 23.2. The molecule has 1 aliphatic carbocycles. The maximum Gasteiger partial charge on any atom is 0.310 e. The fourth-order valence-corrected chi connectivity index (χ4v) is 6.12. The number of pyridine rings is 1. The highest BCUT2D eigenvalue weighted by Crippen LogP contribution is 2.52. The first-order valence-electron chi connectivity index (χ1n) is 14.2. The van der Waals surface area contributed by atoms with Crippen LogP contribution in [0.25, 0.3) is 21.9 Å². The average Bonchev–Trinajstić information content (AvgIpc) is 3.28. The van der Waals surface area contributed by atoms with E-state index in [2.05, 4.69) is 29.2 Å². The van der Waals surface area contributed by atoms with Crippen LogP contribution < -0.4 is 10.5 Å². The molecule has 1 heterocycles. The van der Waals surface area contributed by atoms with Gasteiger partial charge in [-0.2, -0.15) is 0 Å². The van der Waals surface area contributed by atoms with E-state index in [1.807, 2.05) is 49.4 Å². The summed E-state index contributed by atoms with van der Waals surface area (Å²) in [5, 5.41) is 1.99. The van der Waals surface area contributed by atoms with Gasteiger partial charge in [-0.3, -0.25) is 4.79 Å². The second kappa shape index (κ2) is 12.7. The molecular weight excluding hydrogens is 516 g/mol. The number of methoxy groups -OCH3 is 2. The van der Waals surface area contributed by atoms with Crippen molar-refractivity contribution in [3.63, 3.8) is 0 Å². The van der Waals surface area contributed by atoms with Gasteiger partial charge in [-0.15, -0.1) is 0 Å². The number of esters is 1. The van der Waals surface area contributed by atoms with Crippen molar-refractivity contribution in [2.75, 3.05) is 39.8 Å². The van der Waals surface area contributed by atoms with Crippen LogP contribution in [0.2, 0.25) is 0 Å². The van der Waals surface area contributed by atoms with Gasteiger partial charge < -0.3 is 24.7 Å². The van der Waals surface area contributed by atoms with Gasteiger partial charge in [0.2, 0.25) is 0 Å². The van der Waals surface area contributed by atoms with E-state index in [9.17, 15) is 4.79 Å². The molecule has 2 N–H and O–H groups in total. The zero-order chi connectivity index (χ0) is 28.8. The zero-order valence-electron chi connectivity index (χ0n) is 24.0. The summed E-state index contributed by atoms with van der Waals surface area (Å²) in [6.07, 6.45) is 4.16. The molecule has 214 valence electrons. The lowest BCUT2D eigenvalue weighted by Crippen LogP contribution is -2.27. The molecular formula is C34H38N2O5. The maximum atomic E-state index is 12.4. The van der Waals surface area contributed by atoms with E-state index >= 15 is 0 Å². The van der Waals surface area contributed by atoms with Crippen molar-refractivity contribution >= 4 is 22.6 Å². The number of benzene rings is 3. The third-order valence-electron chi connectivity index (χ3n) is 8.15. The van der Waals surface area contributed by atoms with Crippen LogP contribution >= 0.6 is 0 Å². The van der Waals surface area contributed by atoms with E-state index in [0.29, 0.717) is 31.4 Å². The second-order valence-corrected chi connectivity index (χ2v) is 10.6. The Bertz CT molecular complexity index is 1510. The van der Waals surface area contributed by atoms with Gasteiger partial charge in [-0.25, -0.2) is 4.98 Å². The lowest BCUT2D eigenvalue weighted by atomic mass is 9.76. The molecule has 1 unspecified atom stereocenters. The molecule has 0 saturated heterocycles. The molecule has 7 heteroatoms. The van der Waals surface area contributed by atoms with E-state index < -0.39 is 0 Å². The highest BCUT2D eigenvalue weighted by Gasteiger charge is 2.44. The van der Waals surface area contributed by atoms with Crippen LogP contribution in [0.15, 0.2) is 72.9 Å². The molecule has 0 bridgehead atoms. The van der Waals surface area contributed by atoms with Gasteiger partial charge in [-0.1, -0.05) is 48.5 Å². The normalized spacial score (nSPS) is 15.5. The molecule has 0 saturated carbocycles. The van der Waals surface area contributed by atoms with Crippen LogP contribution in [0.1, 0.15) is 49.0 Å². The molecule has 1 aromatic heterocycles. The van der Waals surface area contributed by atoms with E-state index in [0.717, 1.165) is 52.3 Å². The van der Waals surface area contributed by atoms with Crippen LogP contribution in [-0.4, -0.2) is 45.0 Å². The maximum absolute atomic E-state index is 12.4. The predicted molar refractivity (Wildman–Crippen MR) is 161 cm³/mol. The number of nitrogen functional groups attached to an aromatic ring is 1. The van der Waals surface area contributed by atoms with E-state index in [1.165, 1.54) is 5.56 Å². The Labute approximate surface area is 241 Å². The molecule has 0 aliphatic heterocycles. The summed E-state index contributed by atoms with van der Waals surface area (Å²) in [6.45, 7) is 3.42. The molecule has 0 fully saturated rings. The highest BCUT2D eigenvalue weighted by atomic mass is 16.5. The number of aromatic nitrogens is 1. The molecule has 1 aliphatic rings. The van der Waals surface area contributed by atoms with Gasteiger partial charge in [0.15, 0.2) is 0 Å². The monoisotopic (exact) mass is 554 g/mol. The number of ether oxygens (including phenoxy) is 4. The predicted octanol–water partition coefficient (Wildman–Crippen LogP) is 6.42. The topological polar surface area (TPSA) is 92.9 Å². The van der Waals surface area contributed by atoms with Gasteiger partial charge in [0.25, 0.3) is 0 Å². The Morgan fingerprint density at radius 2 is 1.76 bits per heavy atom. The summed E-state index contributed by atoms with van der Waals surface area (Å²) in [5.74, 6) is 0.945. The van der Waals surface area contributed by atoms with Crippen molar-refractivity contribution in [2.45, 2.75) is 44.1 Å². The van der Waals surface area contributed by atoms with Gasteiger partial charge in [0.05, 0.1) is 13.0 Å². The molecule has 0 radical (unpaired) electrons. The second-order valence-electron chi connectivity index (χ2n) is 10.6. The molecule has 7 nitrogen and oxygen atoms in total. The third-order valence-corrected chi connectivity index (χ3v) is 8.15. The summed E-state index contributed by atoms with van der Waals surface area (Å²) in [7, 11) is 3.48. The van der Waals surface area contributed by atoms with Crippen molar-refractivity contribution in [1.29, 1.82) is 0 Å². The molecule has 41 heavy (non-hydrogen) atoms.